The van der Waals surface area contributed by atoms with Crippen LogP contribution in [0.2, 0.25) is 0 Å². The Morgan fingerprint density at radius 1 is 0.713 bits per heavy atom. The first-order valence-electron chi connectivity index (χ1n) is 25.0. The Kier molecular flexibility index (Phi) is 23.2. The van der Waals surface area contributed by atoms with Gasteiger partial charge in [-0.15, -0.1) is 22.2 Å². The maximum Gasteiger partial charge on any atom is 0.419 e. The first-order chi connectivity index (χ1) is 37.2. The molecule has 6 aromatic heterocycles. The molecule has 2 radical (unpaired) electrons. The fourth-order valence-corrected chi connectivity index (χ4v) is 9.02. The number of hydrogen-bond donors (Lipinski definition) is 3. The van der Waals surface area contributed by atoms with Gasteiger partial charge in [0.05, 0.1) is 66.7 Å². The van der Waals surface area contributed by atoms with Crippen LogP contribution in [0.1, 0.15) is 73.9 Å². The van der Waals surface area contributed by atoms with E-state index in [1.54, 1.807) is 71.0 Å². The summed E-state index contributed by atoms with van der Waals surface area (Å²) in [6.07, 6.45) is 14.3. The van der Waals surface area contributed by atoms with Crippen LogP contribution in [0.3, 0.4) is 0 Å². The molecule has 0 saturated carbocycles. The Bertz CT molecular complexity index is 3340. The number of rotatable bonds is 11. The largest absolute Gasteiger partial charge is 0.463 e. The van der Waals surface area contributed by atoms with Gasteiger partial charge in [0.15, 0.2) is 11.3 Å². The summed E-state index contributed by atoms with van der Waals surface area (Å²) in [5.74, 6) is 0.888. The smallest absolute Gasteiger partial charge is 0.419 e. The number of morpholine rings is 2. The molecule has 80 heavy (non-hydrogen) atoms. The number of aliphatic hydroxyl groups excluding tert-OH is 1. The minimum atomic E-state index is -0.469. The zero-order valence-corrected chi connectivity index (χ0v) is 51.8. The van der Waals surface area contributed by atoms with E-state index in [0.717, 1.165) is 54.9 Å². The average molecular weight is 1300 g/mol. The van der Waals surface area contributed by atoms with E-state index in [1.165, 1.54) is 6.92 Å². The summed E-state index contributed by atoms with van der Waals surface area (Å²) in [7, 11) is -0.469. The molecule has 0 atom stereocenters. The van der Waals surface area contributed by atoms with Gasteiger partial charge in [0.1, 0.15) is 11.6 Å². The van der Waals surface area contributed by atoms with E-state index >= 15 is 0 Å². The van der Waals surface area contributed by atoms with E-state index in [0.29, 0.717) is 75.4 Å². The van der Waals surface area contributed by atoms with Gasteiger partial charge in [-0.3, -0.25) is 14.4 Å². The second kappa shape index (κ2) is 29.1. The Labute approximate surface area is 524 Å². The van der Waals surface area contributed by atoms with E-state index in [2.05, 4.69) is 58.6 Å². The van der Waals surface area contributed by atoms with Crippen molar-refractivity contribution in [3.63, 3.8) is 0 Å². The Hall–Kier alpha value is -5.32. The number of carbonyl (C=O) groups excluding carboxylic acids is 3. The van der Waals surface area contributed by atoms with Crippen LogP contribution in [0.5, 0.6) is 0 Å². The molecule has 2 aromatic carbocycles. The number of aromatic nitrogens is 6. The summed E-state index contributed by atoms with van der Waals surface area (Å²) in [4.78, 5) is 57.2. The van der Waals surface area contributed by atoms with Crippen LogP contribution in [-0.2, 0) is 107 Å². The number of amides is 2. The van der Waals surface area contributed by atoms with Crippen LogP contribution >= 0.6 is 15.9 Å². The number of esters is 1. The Balaban J connectivity index is 0.000000195. The van der Waals surface area contributed by atoms with Crippen molar-refractivity contribution in [2.24, 2.45) is 0 Å². The number of halogens is 1. The standard InChI is InChI=1S/C24H22N5O3.C17H16BrN5O2.C15H20BO4.CH4.2Y/c30-16-18-3-1-2-4-20(18)19-13-21(23-25-7-8-29(23)15-19)27-22-6-5-17(14-26-22)24(31)28-9-11-32-12-10-28;18-13-9-14(16-19-3-4-23(16)11-13)21-15-2-1-12(10-20-15)17(24)22-5-7-25-8-6-22;1-11(17)18-10-12-8-6-7-9-13(12)16-19-14(2,3)15(4,5)20-16;;;/h1-2,4-8,13-15,30H,9-12,16H2,(H,26,27);1-4,9-11H,5-8H2,(H,20,21);6-7,9H,10H2,1-5H3;1H4;;/q-1;;-1;;;. The number of benzene rings is 2. The van der Waals surface area contributed by atoms with Gasteiger partial charge in [-0.25, -0.2) is 19.9 Å². The number of ether oxygens (including phenoxy) is 3. The van der Waals surface area contributed by atoms with E-state index in [1.807, 2.05) is 97.7 Å². The average Bonchev–Trinajstić information content (AvgIpc) is 4.19. The molecule has 3 aliphatic rings. The molecule has 3 fully saturated rings. The molecule has 0 bridgehead atoms. The molecule has 412 valence electrons. The van der Waals surface area contributed by atoms with Gasteiger partial charge in [0.25, 0.3) is 11.8 Å². The summed E-state index contributed by atoms with van der Waals surface area (Å²) in [6, 6.07) is 28.4. The zero-order chi connectivity index (χ0) is 54.1. The van der Waals surface area contributed by atoms with Gasteiger partial charge >= 0.3 is 13.1 Å². The SMILES string of the molecule is C.CC(=O)OCc1[c-]cccc1B1OC(C)(C)C(C)(C)O1.O=C(c1ccc(Nc2cc(-c3ccc[c-]c3CO)cn3ccnc23)nc1)N1CCOCC1.O=C(c1ccc(Nc2cc(Br)cn3ccnc23)nc1)N1CCOCC1.[Y].[Y]. The number of aliphatic hydroxyl groups is 1. The summed E-state index contributed by atoms with van der Waals surface area (Å²) in [6.45, 7) is 14.2. The molecule has 0 aliphatic carbocycles. The minimum Gasteiger partial charge on any atom is -0.463 e. The minimum absolute atomic E-state index is 0. The van der Waals surface area contributed by atoms with Gasteiger partial charge in [-0.1, -0.05) is 13.0 Å². The molecule has 11 rings (SSSR count). The third kappa shape index (κ3) is 15.6. The number of fused-ring (bicyclic) bond motifs is 2. The third-order valence-corrected chi connectivity index (χ3v) is 13.8. The van der Waals surface area contributed by atoms with Gasteiger partial charge < -0.3 is 57.9 Å². The number of carbonyl (C=O) groups is 3. The first kappa shape index (κ1) is 63.9. The quantitative estimate of drug-likeness (QED) is 0.0635. The molecule has 23 heteroatoms. The summed E-state index contributed by atoms with van der Waals surface area (Å²) < 4.78 is 32.4. The molecule has 2 amide bonds. The normalized spacial score (nSPS) is 15.2. The molecular formula is C57H62BBrN10O9Y2-2. The molecule has 0 unspecified atom stereocenters. The van der Waals surface area contributed by atoms with E-state index < -0.39 is 18.3 Å². The first-order valence-corrected chi connectivity index (χ1v) is 25.8. The van der Waals surface area contributed by atoms with Crippen molar-refractivity contribution < 1.29 is 108 Å². The van der Waals surface area contributed by atoms with Gasteiger partial charge in [0.2, 0.25) is 0 Å². The van der Waals surface area contributed by atoms with Crippen molar-refractivity contribution in [3.05, 3.63) is 161 Å². The van der Waals surface area contributed by atoms with Crippen LogP contribution in [0.25, 0.3) is 22.4 Å². The van der Waals surface area contributed by atoms with Gasteiger partial charge in [-0.05, 0) is 80.0 Å². The molecule has 0 spiro atoms. The van der Waals surface area contributed by atoms with E-state index in [9.17, 15) is 19.5 Å². The maximum absolute atomic E-state index is 12.6. The molecule has 3 N–H and O–H groups in total. The number of pyridine rings is 4. The Morgan fingerprint density at radius 2 is 1.21 bits per heavy atom. The van der Waals surface area contributed by atoms with Crippen LogP contribution in [0.15, 0.2) is 127 Å². The number of imidazole rings is 2. The molecule has 19 nitrogen and oxygen atoms in total. The van der Waals surface area contributed by atoms with Crippen molar-refractivity contribution in [2.45, 2.75) is 66.5 Å². The van der Waals surface area contributed by atoms with Crippen molar-refractivity contribution >= 4 is 80.6 Å². The summed E-state index contributed by atoms with van der Waals surface area (Å²) in [5.41, 5.74) is 7.64. The zero-order valence-electron chi connectivity index (χ0n) is 44.5. The predicted molar refractivity (Wildman–Crippen MR) is 300 cm³/mol. The number of nitrogens with one attached hydrogen (secondary N) is 2. The molecule has 9 heterocycles. The van der Waals surface area contributed by atoms with Crippen molar-refractivity contribution in [2.75, 3.05) is 63.2 Å². The second-order valence-electron chi connectivity index (χ2n) is 19.1. The second-order valence-corrected chi connectivity index (χ2v) is 20.1. The van der Waals surface area contributed by atoms with Crippen LogP contribution in [0.4, 0.5) is 23.0 Å². The third-order valence-electron chi connectivity index (χ3n) is 13.4. The summed E-state index contributed by atoms with van der Waals surface area (Å²) >= 11 is 3.49. The summed E-state index contributed by atoms with van der Waals surface area (Å²) in [5, 5.41) is 16.3. The molecule has 3 saturated heterocycles. The van der Waals surface area contributed by atoms with Crippen LogP contribution < -0.4 is 16.1 Å². The van der Waals surface area contributed by atoms with Crippen LogP contribution in [-0.4, -0.2) is 132 Å². The van der Waals surface area contributed by atoms with E-state index in [-0.39, 0.29) is 104 Å². The molecular weight excluding hydrogens is 1240 g/mol. The number of hydrogen-bond acceptors (Lipinski definition) is 15. The Morgan fingerprint density at radius 3 is 1.71 bits per heavy atom. The predicted octanol–water partition coefficient (Wildman–Crippen LogP) is 8.09. The number of anilines is 4. The van der Waals surface area contributed by atoms with E-state index in [4.69, 9.17) is 23.5 Å². The number of nitrogens with zero attached hydrogens (tertiary/aromatic N) is 8. The fraction of sp³-hybridized carbons (Fsp3) is 0.316. The monoisotopic (exact) mass is 1300 g/mol. The maximum atomic E-state index is 12.6. The van der Waals surface area contributed by atoms with Crippen molar-refractivity contribution in [1.82, 2.24) is 38.5 Å². The molecule has 3 aliphatic heterocycles. The topological polar surface area (TPSA) is 209 Å². The van der Waals surface area contributed by atoms with Crippen LogP contribution in [0, 0.1) is 12.1 Å². The van der Waals surface area contributed by atoms with Gasteiger partial charge in [-0.2, -0.15) is 48.5 Å². The molecule has 8 aromatic rings. The van der Waals surface area contributed by atoms with Gasteiger partial charge in [0, 0.05) is 159 Å². The van der Waals surface area contributed by atoms with Crippen molar-refractivity contribution in [3.8, 4) is 11.1 Å². The fourth-order valence-electron chi connectivity index (χ4n) is 8.57. The van der Waals surface area contributed by atoms with Crippen molar-refractivity contribution in [1.29, 1.82) is 0 Å².